The van der Waals surface area contributed by atoms with E-state index in [-0.39, 0.29) is 12.4 Å². The van der Waals surface area contributed by atoms with Gasteiger partial charge in [-0.2, -0.15) is 0 Å². The molecule has 1 heterocycles. The van der Waals surface area contributed by atoms with Gasteiger partial charge in [0.2, 0.25) is 5.95 Å². The van der Waals surface area contributed by atoms with E-state index in [1.807, 2.05) is 0 Å². The zero-order valence-electron chi connectivity index (χ0n) is 10.4. The molecule has 18 heavy (non-hydrogen) atoms. The van der Waals surface area contributed by atoms with E-state index in [4.69, 9.17) is 5.11 Å². The summed E-state index contributed by atoms with van der Waals surface area (Å²) in [5, 5.41) is 12.1. The molecule has 1 aromatic carbocycles. The molecule has 0 saturated carbocycles. The third kappa shape index (κ3) is 2.98. The molecule has 4 nitrogen and oxygen atoms in total. The summed E-state index contributed by atoms with van der Waals surface area (Å²) in [6, 6.07) is 4.48. The highest BCUT2D eigenvalue weighted by molar-refractivity contribution is 5.77. The van der Waals surface area contributed by atoms with Gasteiger partial charge in [0.05, 0.1) is 11.0 Å². The van der Waals surface area contributed by atoms with E-state index >= 15 is 0 Å². The molecule has 0 fully saturated rings. The molecule has 0 spiro atoms. The predicted octanol–water partition coefficient (Wildman–Crippen LogP) is 2.52. The van der Waals surface area contributed by atoms with Gasteiger partial charge < -0.3 is 15.4 Å². The summed E-state index contributed by atoms with van der Waals surface area (Å²) in [5.41, 5.74) is 1.43. The Morgan fingerprint density at radius 1 is 1.50 bits per heavy atom. The molecule has 98 valence electrons. The van der Waals surface area contributed by atoms with E-state index in [1.165, 1.54) is 12.1 Å². The number of anilines is 1. The van der Waals surface area contributed by atoms with Gasteiger partial charge in [0, 0.05) is 13.2 Å². The third-order valence-electron chi connectivity index (χ3n) is 3.12. The fourth-order valence-electron chi connectivity index (χ4n) is 1.94. The molecule has 1 unspecified atom stereocenters. The van der Waals surface area contributed by atoms with Crippen LogP contribution in [0.5, 0.6) is 0 Å². The lowest BCUT2D eigenvalue weighted by Gasteiger charge is -2.13. The monoisotopic (exact) mass is 251 g/mol. The second kappa shape index (κ2) is 5.82. The van der Waals surface area contributed by atoms with Crippen molar-refractivity contribution in [1.29, 1.82) is 0 Å². The second-order valence-corrected chi connectivity index (χ2v) is 4.41. The molecule has 2 aromatic rings. The minimum absolute atomic E-state index is 0.200. The number of rotatable bonds is 6. The van der Waals surface area contributed by atoms with Crippen LogP contribution in [0.3, 0.4) is 0 Å². The number of hydrogen-bond acceptors (Lipinski definition) is 3. The van der Waals surface area contributed by atoms with Crippen molar-refractivity contribution in [3.63, 3.8) is 0 Å². The number of hydrogen-bond donors (Lipinski definition) is 3. The smallest absolute Gasteiger partial charge is 0.201 e. The number of aliphatic hydroxyl groups is 1. The fraction of sp³-hybridized carbons (Fsp3) is 0.462. The Hall–Kier alpha value is -1.62. The maximum absolute atomic E-state index is 13.0. The van der Waals surface area contributed by atoms with Crippen LogP contribution in [0.15, 0.2) is 18.2 Å². The van der Waals surface area contributed by atoms with Gasteiger partial charge in [-0.1, -0.05) is 13.3 Å². The van der Waals surface area contributed by atoms with Crippen LogP contribution in [0, 0.1) is 11.7 Å². The van der Waals surface area contributed by atoms with Gasteiger partial charge in [0.25, 0.3) is 0 Å². The summed E-state index contributed by atoms with van der Waals surface area (Å²) in [4.78, 5) is 7.36. The topological polar surface area (TPSA) is 60.9 Å². The standard InChI is InChI=1S/C13H18FN3O/c1-2-9(5-6-18)8-15-13-16-11-4-3-10(14)7-12(11)17-13/h3-4,7,9,18H,2,5-6,8H2,1H3,(H2,15,16,17). The van der Waals surface area contributed by atoms with Crippen molar-refractivity contribution >= 4 is 17.0 Å². The van der Waals surface area contributed by atoms with Gasteiger partial charge in [-0.05, 0) is 30.5 Å². The summed E-state index contributed by atoms with van der Waals surface area (Å²) in [6.07, 6.45) is 1.78. The molecule has 0 saturated heterocycles. The first-order chi connectivity index (χ1) is 8.72. The first-order valence-electron chi connectivity index (χ1n) is 6.23. The second-order valence-electron chi connectivity index (χ2n) is 4.41. The van der Waals surface area contributed by atoms with Crippen molar-refractivity contribution in [3.8, 4) is 0 Å². The number of aliphatic hydroxyl groups excluding tert-OH is 1. The quantitative estimate of drug-likeness (QED) is 0.739. The van der Waals surface area contributed by atoms with E-state index in [2.05, 4.69) is 22.2 Å². The van der Waals surface area contributed by atoms with Gasteiger partial charge in [0.15, 0.2) is 0 Å². The average Bonchev–Trinajstić information content (AvgIpc) is 2.76. The predicted molar refractivity (Wildman–Crippen MR) is 70.0 cm³/mol. The molecule has 0 aliphatic carbocycles. The summed E-state index contributed by atoms with van der Waals surface area (Å²) in [6.45, 7) is 3.04. The lowest BCUT2D eigenvalue weighted by molar-refractivity contribution is 0.258. The maximum atomic E-state index is 13.0. The van der Waals surface area contributed by atoms with Crippen LogP contribution in [0.25, 0.3) is 11.0 Å². The van der Waals surface area contributed by atoms with Crippen LogP contribution < -0.4 is 5.32 Å². The van der Waals surface area contributed by atoms with Crippen LogP contribution in [0.4, 0.5) is 10.3 Å². The van der Waals surface area contributed by atoms with Gasteiger partial charge in [-0.25, -0.2) is 9.37 Å². The number of imidazole rings is 1. The molecule has 5 heteroatoms. The molecular formula is C13H18FN3O. The van der Waals surface area contributed by atoms with Gasteiger partial charge >= 0.3 is 0 Å². The molecule has 0 radical (unpaired) electrons. The molecule has 0 amide bonds. The van der Waals surface area contributed by atoms with E-state index < -0.39 is 0 Å². The van der Waals surface area contributed by atoms with Crippen LogP contribution in [-0.2, 0) is 0 Å². The number of benzene rings is 1. The maximum Gasteiger partial charge on any atom is 0.201 e. The average molecular weight is 251 g/mol. The van der Waals surface area contributed by atoms with Crippen molar-refractivity contribution in [2.75, 3.05) is 18.5 Å². The number of H-pyrrole nitrogens is 1. The first kappa shape index (κ1) is 12.8. The number of aromatic nitrogens is 2. The van der Waals surface area contributed by atoms with Crippen molar-refractivity contribution in [2.24, 2.45) is 5.92 Å². The normalized spacial score (nSPS) is 12.8. The molecule has 0 aliphatic rings. The Bertz CT molecular complexity index is 512. The van der Waals surface area contributed by atoms with Crippen molar-refractivity contribution in [3.05, 3.63) is 24.0 Å². The number of aromatic amines is 1. The summed E-state index contributed by atoms with van der Waals surface area (Å²) in [7, 11) is 0. The highest BCUT2D eigenvalue weighted by Gasteiger charge is 2.07. The molecule has 0 bridgehead atoms. The zero-order valence-corrected chi connectivity index (χ0v) is 10.4. The van der Waals surface area contributed by atoms with Crippen molar-refractivity contribution in [2.45, 2.75) is 19.8 Å². The SMILES string of the molecule is CCC(CCO)CNc1nc2ccc(F)cc2[nH]1. The summed E-state index contributed by atoms with van der Waals surface area (Å²) >= 11 is 0. The first-order valence-corrected chi connectivity index (χ1v) is 6.23. The summed E-state index contributed by atoms with van der Waals surface area (Å²) in [5.74, 6) is 0.788. The van der Waals surface area contributed by atoms with Crippen LogP contribution >= 0.6 is 0 Å². The van der Waals surface area contributed by atoms with E-state index in [1.54, 1.807) is 6.07 Å². The third-order valence-corrected chi connectivity index (χ3v) is 3.12. The van der Waals surface area contributed by atoms with Crippen LogP contribution in [-0.4, -0.2) is 28.2 Å². The number of nitrogens with zero attached hydrogens (tertiary/aromatic N) is 1. The van der Waals surface area contributed by atoms with Crippen molar-refractivity contribution in [1.82, 2.24) is 9.97 Å². The molecule has 3 N–H and O–H groups in total. The highest BCUT2D eigenvalue weighted by atomic mass is 19.1. The van der Waals surface area contributed by atoms with Gasteiger partial charge in [-0.3, -0.25) is 0 Å². The van der Waals surface area contributed by atoms with E-state index in [9.17, 15) is 4.39 Å². The van der Waals surface area contributed by atoms with Gasteiger partial charge in [0.1, 0.15) is 5.82 Å². The minimum atomic E-state index is -0.274. The molecule has 1 atom stereocenters. The minimum Gasteiger partial charge on any atom is -0.396 e. The van der Waals surface area contributed by atoms with E-state index in [0.717, 1.165) is 24.9 Å². The highest BCUT2D eigenvalue weighted by Crippen LogP contribution is 2.16. The zero-order chi connectivity index (χ0) is 13.0. The number of fused-ring (bicyclic) bond motifs is 1. The molecule has 2 rings (SSSR count). The Morgan fingerprint density at radius 3 is 3.06 bits per heavy atom. The Kier molecular flexibility index (Phi) is 4.15. The van der Waals surface area contributed by atoms with Crippen LogP contribution in [0.1, 0.15) is 19.8 Å². The summed E-state index contributed by atoms with van der Waals surface area (Å²) < 4.78 is 13.0. The Labute approximate surface area is 105 Å². The Balaban J connectivity index is 2.03. The molecule has 0 aliphatic heterocycles. The fourth-order valence-corrected chi connectivity index (χ4v) is 1.94. The number of nitrogens with one attached hydrogen (secondary N) is 2. The molecular weight excluding hydrogens is 233 g/mol. The van der Waals surface area contributed by atoms with E-state index in [0.29, 0.717) is 17.4 Å². The molecule has 1 aromatic heterocycles. The number of halogens is 1. The largest absolute Gasteiger partial charge is 0.396 e. The Morgan fingerprint density at radius 2 is 2.33 bits per heavy atom. The van der Waals surface area contributed by atoms with Crippen molar-refractivity contribution < 1.29 is 9.50 Å². The lowest BCUT2D eigenvalue weighted by atomic mass is 10.0. The lowest BCUT2D eigenvalue weighted by Crippen LogP contribution is -2.15. The van der Waals surface area contributed by atoms with Crippen LogP contribution in [0.2, 0.25) is 0 Å². The van der Waals surface area contributed by atoms with Gasteiger partial charge in [-0.15, -0.1) is 0 Å².